The van der Waals surface area contributed by atoms with Crippen molar-refractivity contribution in [1.82, 2.24) is 5.32 Å². The Labute approximate surface area is 198 Å². The van der Waals surface area contributed by atoms with Crippen LogP contribution in [0.4, 0.5) is 11.4 Å². The lowest BCUT2D eigenvalue weighted by atomic mass is 9.98. The number of ether oxygens (including phenoxy) is 1. The number of nitrogens with one attached hydrogen (secondary N) is 1. The average molecular weight is 484 g/mol. The van der Waals surface area contributed by atoms with Crippen LogP contribution < -0.4 is 14.4 Å². The Hall–Kier alpha value is -3.92. The number of anilines is 1. The van der Waals surface area contributed by atoms with Gasteiger partial charge in [-0.05, 0) is 24.1 Å². The molecule has 1 atom stereocenters. The van der Waals surface area contributed by atoms with Crippen LogP contribution in [0, 0.1) is 17.0 Å². The minimum absolute atomic E-state index is 0.0852. The summed E-state index contributed by atoms with van der Waals surface area (Å²) in [4.78, 5) is 23.7. The van der Waals surface area contributed by atoms with Gasteiger partial charge in [-0.3, -0.25) is 19.2 Å². The molecule has 0 aliphatic carbocycles. The van der Waals surface area contributed by atoms with Crippen LogP contribution in [0.5, 0.6) is 5.75 Å². The average Bonchev–Trinajstić information content (AvgIpc) is 2.81. The molecule has 0 unspecified atom stereocenters. The molecule has 178 valence electrons. The van der Waals surface area contributed by atoms with Crippen LogP contribution in [0.25, 0.3) is 0 Å². The number of nitrogens with zero attached hydrogens (tertiary/aromatic N) is 2. The molecule has 0 fully saturated rings. The third-order valence-corrected chi connectivity index (χ3v) is 6.30. The SMILES string of the molecule is COc1ccc([N+](=O)[O-])cc1N(CC(=O)N[C@@H](c1ccccc1)c1ccc(C)cc1)S(C)(=O)=O. The Balaban J connectivity index is 1.96. The summed E-state index contributed by atoms with van der Waals surface area (Å²) in [6, 6.07) is 20.0. The Morgan fingerprint density at radius 1 is 1.06 bits per heavy atom. The number of hydrogen-bond donors (Lipinski definition) is 1. The van der Waals surface area contributed by atoms with Gasteiger partial charge in [0.2, 0.25) is 15.9 Å². The molecule has 0 saturated carbocycles. The van der Waals surface area contributed by atoms with Crippen molar-refractivity contribution in [2.75, 3.05) is 24.2 Å². The summed E-state index contributed by atoms with van der Waals surface area (Å²) < 4.78 is 31.2. The van der Waals surface area contributed by atoms with Gasteiger partial charge in [-0.25, -0.2) is 8.42 Å². The molecular formula is C24H25N3O6S. The number of non-ortho nitro benzene ring substituents is 1. The molecule has 0 spiro atoms. The van der Waals surface area contributed by atoms with Crippen molar-refractivity contribution in [2.45, 2.75) is 13.0 Å². The number of hydrogen-bond acceptors (Lipinski definition) is 6. The number of methoxy groups -OCH3 is 1. The van der Waals surface area contributed by atoms with E-state index in [9.17, 15) is 23.3 Å². The molecule has 0 aliphatic rings. The second-order valence-electron chi connectivity index (χ2n) is 7.70. The molecule has 3 rings (SSSR count). The molecule has 0 radical (unpaired) electrons. The van der Waals surface area contributed by atoms with Crippen LogP contribution in [0.3, 0.4) is 0 Å². The number of amides is 1. The molecule has 0 saturated heterocycles. The van der Waals surface area contributed by atoms with E-state index in [4.69, 9.17) is 4.74 Å². The number of benzene rings is 3. The lowest BCUT2D eigenvalue weighted by molar-refractivity contribution is -0.384. The largest absolute Gasteiger partial charge is 0.495 e. The van der Waals surface area contributed by atoms with Crippen molar-refractivity contribution in [3.05, 3.63) is 99.6 Å². The van der Waals surface area contributed by atoms with Crippen LogP contribution in [0.15, 0.2) is 72.8 Å². The highest BCUT2D eigenvalue weighted by molar-refractivity contribution is 7.92. The van der Waals surface area contributed by atoms with Gasteiger partial charge < -0.3 is 10.1 Å². The molecule has 0 aromatic heterocycles. The van der Waals surface area contributed by atoms with Gasteiger partial charge in [-0.1, -0.05) is 60.2 Å². The summed E-state index contributed by atoms with van der Waals surface area (Å²) in [5.41, 5.74) is 2.28. The second-order valence-corrected chi connectivity index (χ2v) is 9.61. The van der Waals surface area contributed by atoms with Crippen molar-refractivity contribution in [3.8, 4) is 5.75 Å². The van der Waals surface area contributed by atoms with E-state index in [2.05, 4.69) is 5.32 Å². The molecule has 9 nitrogen and oxygen atoms in total. The van der Waals surface area contributed by atoms with Gasteiger partial charge in [0.15, 0.2) is 0 Å². The van der Waals surface area contributed by atoms with E-state index in [1.54, 1.807) is 0 Å². The molecule has 3 aromatic carbocycles. The Kier molecular flexibility index (Phi) is 7.52. The summed E-state index contributed by atoms with van der Waals surface area (Å²) in [7, 11) is -2.68. The van der Waals surface area contributed by atoms with Crippen LogP contribution in [-0.4, -0.2) is 39.2 Å². The fourth-order valence-electron chi connectivity index (χ4n) is 3.47. The highest BCUT2D eigenvalue weighted by Gasteiger charge is 2.27. The third kappa shape index (κ3) is 5.90. The first kappa shape index (κ1) is 24.7. The van der Waals surface area contributed by atoms with Gasteiger partial charge in [0.25, 0.3) is 5.69 Å². The molecular weight excluding hydrogens is 458 g/mol. The minimum Gasteiger partial charge on any atom is -0.495 e. The predicted octanol–water partition coefficient (Wildman–Crippen LogP) is 3.58. The number of sulfonamides is 1. The lowest BCUT2D eigenvalue weighted by Gasteiger charge is -2.26. The molecule has 0 aliphatic heterocycles. The van der Waals surface area contributed by atoms with E-state index in [0.29, 0.717) is 0 Å². The number of carbonyl (C=O) groups is 1. The minimum atomic E-state index is -3.99. The maximum absolute atomic E-state index is 13.1. The van der Waals surface area contributed by atoms with Crippen molar-refractivity contribution >= 4 is 27.3 Å². The fraction of sp³-hybridized carbons (Fsp3) is 0.208. The topological polar surface area (TPSA) is 119 Å². The van der Waals surface area contributed by atoms with Crippen LogP contribution in [-0.2, 0) is 14.8 Å². The van der Waals surface area contributed by atoms with Gasteiger partial charge in [0, 0.05) is 12.1 Å². The Morgan fingerprint density at radius 2 is 1.68 bits per heavy atom. The predicted molar refractivity (Wildman–Crippen MR) is 129 cm³/mol. The van der Waals surface area contributed by atoms with E-state index in [-0.39, 0.29) is 17.1 Å². The fourth-order valence-corrected chi connectivity index (χ4v) is 4.32. The van der Waals surface area contributed by atoms with Crippen molar-refractivity contribution in [3.63, 3.8) is 0 Å². The van der Waals surface area contributed by atoms with Gasteiger partial charge in [0.1, 0.15) is 18.0 Å². The summed E-state index contributed by atoms with van der Waals surface area (Å²) in [6.07, 6.45) is 0.924. The second kappa shape index (κ2) is 10.3. The Morgan fingerprint density at radius 3 is 2.24 bits per heavy atom. The van der Waals surface area contributed by atoms with Crippen molar-refractivity contribution in [2.24, 2.45) is 0 Å². The molecule has 10 heteroatoms. The highest BCUT2D eigenvalue weighted by atomic mass is 32.2. The van der Waals surface area contributed by atoms with Gasteiger partial charge >= 0.3 is 0 Å². The van der Waals surface area contributed by atoms with Crippen molar-refractivity contribution < 1.29 is 22.9 Å². The van der Waals surface area contributed by atoms with Crippen LogP contribution in [0.2, 0.25) is 0 Å². The number of nitro groups is 1. The summed E-state index contributed by atoms with van der Waals surface area (Å²) in [5, 5.41) is 14.1. The monoisotopic (exact) mass is 483 g/mol. The molecule has 0 heterocycles. The maximum Gasteiger partial charge on any atom is 0.271 e. The zero-order chi connectivity index (χ0) is 24.9. The number of aryl methyl sites for hydroxylation is 1. The lowest BCUT2D eigenvalue weighted by Crippen LogP contribution is -2.42. The van der Waals surface area contributed by atoms with E-state index in [1.165, 1.54) is 19.2 Å². The zero-order valence-corrected chi connectivity index (χ0v) is 19.8. The first-order valence-electron chi connectivity index (χ1n) is 10.3. The molecule has 34 heavy (non-hydrogen) atoms. The Bertz CT molecular complexity index is 1280. The summed E-state index contributed by atoms with van der Waals surface area (Å²) in [5.74, 6) is -0.504. The zero-order valence-electron chi connectivity index (χ0n) is 19.0. The number of nitro benzene ring substituents is 1. The van der Waals surface area contributed by atoms with Crippen molar-refractivity contribution in [1.29, 1.82) is 0 Å². The molecule has 1 amide bonds. The van der Waals surface area contributed by atoms with Crippen LogP contribution in [0.1, 0.15) is 22.7 Å². The standard InChI is InChI=1S/C24H25N3O6S/c1-17-9-11-19(12-10-17)24(18-7-5-4-6-8-18)25-23(28)16-26(34(3,31)32)21-15-20(27(29)30)13-14-22(21)33-2/h4-15,24H,16H2,1-3H3,(H,25,28)/t24-/m0/s1. The summed E-state index contributed by atoms with van der Waals surface area (Å²) >= 11 is 0. The van der Waals surface area contributed by atoms with E-state index in [0.717, 1.165) is 33.3 Å². The van der Waals surface area contributed by atoms with Gasteiger partial charge in [-0.15, -0.1) is 0 Å². The maximum atomic E-state index is 13.1. The van der Waals surface area contributed by atoms with Crippen LogP contribution >= 0.6 is 0 Å². The van der Waals surface area contributed by atoms with Gasteiger partial charge in [0.05, 0.1) is 24.3 Å². The molecule has 1 N–H and O–H groups in total. The molecule has 0 bridgehead atoms. The third-order valence-electron chi connectivity index (χ3n) is 5.18. The van der Waals surface area contributed by atoms with E-state index in [1.807, 2.05) is 61.5 Å². The summed E-state index contributed by atoms with van der Waals surface area (Å²) in [6.45, 7) is 1.36. The quantitative estimate of drug-likeness (QED) is 0.367. The number of carbonyl (C=O) groups excluding carboxylic acids is 1. The molecule has 3 aromatic rings. The first-order valence-corrected chi connectivity index (χ1v) is 12.2. The number of rotatable bonds is 9. The van der Waals surface area contributed by atoms with E-state index >= 15 is 0 Å². The highest BCUT2D eigenvalue weighted by Crippen LogP contribution is 2.33. The van der Waals surface area contributed by atoms with Gasteiger partial charge in [-0.2, -0.15) is 0 Å². The smallest absolute Gasteiger partial charge is 0.271 e. The first-order chi connectivity index (χ1) is 16.1. The van der Waals surface area contributed by atoms with E-state index < -0.39 is 33.4 Å². The normalized spacial score (nSPS) is 12.0.